The minimum Gasteiger partial charge on any atom is -0.360 e. The Balaban J connectivity index is 2.65. The van der Waals surface area contributed by atoms with Crippen molar-refractivity contribution in [2.24, 2.45) is 5.92 Å². The van der Waals surface area contributed by atoms with Gasteiger partial charge < -0.3 is 15.1 Å². The van der Waals surface area contributed by atoms with Crippen LogP contribution in [0.25, 0.3) is 0 Å². The zero-order valence-corrected chi connectivity index (χ0v) is 12.8. The number of nitrogens with zero attached hydrogens (tertiary/aromatic N) is 4. The van der Waals surface area contributed by atoms with Crippen LogP contribution >= 0.6 is 0 Å². The largest absolute Gasteiger partial charge is 0.360 e. The minimum atomic E-state index is 0.710. The summed E-state index contributed by atoms with van der Waals surface area (Å²) >= 11 is 0. The van der Waals surface area contributed by atoms with Gasteiger partial charge in [0.15, 0.2) is 0 Å². The molecule has 5 heteroatoms. The molecule has 1 N–H and O–H groups in total. The molecule has 108 valence electrons. The van der Waals surface area contributed by atoms with Gasteiger partial charge in [-0.05, 0) is 19.4 Å². The summed E-state index contributed by atoms with van der Waals surface area (Å²) in [6, 6.07) is 2.05. The highest BCUT2D eigenvalue weighted by atomic mass is 15.2. The Morgan fingerprint density at radius 3 is 2.21 bits per heavy atom. The van der Waals surface area contributed by atoms with E-state index in [9.17, 15) is 0 Å². The van der Waals surface area contributed by atoms with Crippen LogP contribution in [0.15, 0.2) is 12.4 Å². The van der Waals surface area contributed by atoms with Crippen LogP contribution in [0.3, 0.4) is 0 Å². The van der Waals surface area contributed by atoms with Gasteiger partial charge in [-0.25, -0.2) is 9.97 Å². The third-order valence-electron chi connectivity index (χ3n) is 3.16. The molecule has 19 heavy (non-hydrogen) atoms. The Hall–Kier alpha value is -1.36. The average Bonchev–Trinajstić information content (AvgIpc) is 2.42. The number of likely N-dealkylation sites (N-methyl/N-ethyl adjacent to an activating group) is 2. The molecule has 0 atom stereocenters. The predicted octanol–water partition coefficient (Wildman–Crippen LogP) is 1.61. The van der Waals surface area contributed by atoms with E-state index < -0.39 is 0 Å². The molecule has 1 heterocycles. The van der Waals surface area contributed by atoms with Gasteiger partial charge in [0.25, 0.3) is 0 Å². The SMILES string of the molecule is CNCCN(C)c1cc(N(C)CCC(C)C)ncn1. The van der Waals surface area contributed by atoms with Crippen LogP contribution < -0.4 is 15.1 Å². The zero-order chi connectivity index (χ0) is 14.3. The minimum absolute atomic E-state index is 0.710. The summed E-state index contributed by atoms with van der Waals surface area (Å²) in [7, 11) is 6.10. The monoisotopic (exact) mass is 265 g/mol. The molecule has 0 saturated heterocycles. The van der Waals surface area contributed by atoms with Gasteiger partial charge in [0.1, 0.15) is 18.0 Å². The first-order valence-electron chi connectivity index (χ1n) is 6.93. The molecule has 0 saturated carbocycles. The van der Waals surface area contributed by atoms with Crippen LogP contribution in [-0.4, -0.2) is 50.7 Å². The fourth-order valence-corrected chi connectivity index (χ4v) is 1.72. The fraction of sp³-hybridized carbons (Fsp3) is 0.714. The number of nitrogens with one attached hydrogen (secondary N) is 1. The lowest BCUT2D eigenvalue weighted by atomic mass is 10.1. The van der Waals surface area contributed by atoms with Crippen molar-refractivity contribution in [1.29, 1.82) is 0 Å². The maximum Gasteiger partial charge on any atom is 0.133 e. The lowest BCUT2D eigenvalue weighted by Crippen LogP contribution is -2.28. The van der Waals surface area contributed by atoms with Crippen molar-refractivity contribution in [3.63, 3.8) is 0 Å². The van der Waals surface area contributed by atoms with E-state index in [2.05, 4.69) is 59.1 Å². The van der Waals surface area contributed by atoms with E-state index in [0.29, 0.717) is 5.92 Å². The predicted molar refractivity (Wildman–Crippen MR) is 82.0 cm³/mol. The molecule has 0 unspecified atom stereocenters. The highest BCUT2D eigenvalue weighted by Gasteiger charge is 2.08. The summed E-state index contributed by atoms with van der Waals surface area (Å²) in [6.45, 7) is 7.38. The highest BCUT2D eigenvalue weighted by Crippen LogP contribution is 2.16. The van der Waals surface area contributed by atoms with Gasteiger partial charge in [-0.3, -0.25) is 0 Å². The quantitative estimate of drug-likeness (QED) is 0.774. The molecule has 0 aliphatic carbocycles. The second kappa shape index (κ2) is 7.94. The van der Waals surface area contributed by atoms with Crippen molar-refractivity contribution in [3.8, 4) is 0 Å². The molecular weight excluding hydrogens is 238 g/mol. The molecule has 0 aliphatic heterocycles. The molecule has 1 aromatic rings. The van der Waals surface area contributed by atoms with E-state index >= 15 is 0 Å². The molecule has 0 amide bonds. The maximum atomic E-state index is 4.35. The van der Waals surface area contributed by atoms with Gasteiger partial charge in [0, 0.05) is 39.8 Å². The molecule has 0 aromatic carbocycles. The smallest absolute Gasteiger partial charge is 0.133 e. The molecule has 0 aliphatic rings. The van der Waals surface area contributed by atoms with Gasteiger partial charge in [0.2, 0.25) is 0 Å². The van der Waals surface area contributed by atoms with Gasteiger partial charge >= 0.3 is 0 Å². The Bertz CT molecular complexity index is 367. The lowest BCUT2D eigenvalue weighted by Gasteiger charge is -2.22. The Morgan fingerprint density at radius 2 is 1.68 bits per heavy atom. The second-order valence-electron chi connectivity index (χ2n) is 5.36. The van der Waals surface area contributed by atoms with Crippen LogP contribution in [0.2, 0.25) is 0 Å². The standard InChI is InChI=1S/C14H27N5/c1-12(2)6-8-18(4)13-10-14(17-11-16-13)19(5)9-7-15-3/h10-12,15H,6-9H2,1-5H3. The summed E-state index contributed by atoms with van der Waals surface area (Å²) in [4.78, 5) is 13.0. The second-order valence-corrected chi connectivity index (χ2v) is 5.36. The topological polar surface area (TPSA) is 44.3 Å². The Morgan fingerprint density at radius 1 is 1.11 bits per heavy atom. The third kappa shape index (κ3) is 5.42. The van der Waals surface area contributed by atoms with Crippen molar-refractivity contribution >= 4 is 11.6 Å². The van der Waals surface area contributed by atoms with Crippen molar-refractivity contribution in [2.75, 3.05) is 50.6 Å². The van der Waals surface area contributed by atoms with Crippen LogP contribution in [0, 0.1) is 5.92 Å². The van der Waals surface area contributed by atoms with E-state index in [0.717, 1.165) is 31.3 Å². The Labute approximate surface area is 117 Å². The zero-order valence-electron chi connectivity index (χ0n) is 12.8. The number of anilines is 2. The maximum absolute atomic E-state index is 4.35. The van der Waals surface area contributed by atoms with Gasteiger partial charge in [0.05, 0.1) is 0 Å². The van der Waals surface area contributed by atoms with Gasteiger partial charge in [-0.15, -0.1) is 0 Å². The van der Waals surface area contributed by atoms with Crippen molar-refractivity contribution in [1.82, 2.24) is 15.3 Å². The van der Waals surface area contributed by atoms with Crippen molar-refractivity contribution in [2.45, 2.75) is 20.3 Å². The molecule has 0 radical (unpaired) electrons. The first-order chi connectivity index (χ1) is 9.04. The molecule has 0 fully saturated rings. The normalized spacial score (nSPS) is 10.8. The molecular formula is C14H27N5. The van der Waals surface area contributed by atoms with E-state index in [4.69, 9.17) is 0 Å². The van der Waals surface area contributed by atoms with E-state index in [1.165, 1.54) is 6.42 Å². The number of hydrogen-bond donors (Lipinski definition) is 1. The van der Waals surface area contributed by atoms with Crippen molar-refractivity contribution in [3.05, 3.63) is 12.4 Å². The highest BCUT2D eigenvalue weighted by molar-refractivity contribution is 5.49. The molecule has 5 nitrogen and oxygen atoms in total. The van der Waals surface area contributed by atoms with Crippen LogP contribution in [0.5, 0.6) is 0 Å². The van der Waals surface area contributed by atoms with Crippen LogP contribution in [0.4, 0.5) is 11.6 Å². The molecule has 0 spiro atoms. The van der Waals surface area contributed by atoms with E-state index in [-0.39, 0.29) is 0 Å². The van der Waals surface area contributed by atoms with E-state index in [1.54, 1.807) is 6.33 Å². The van der Waals surface area contributed by atoms with Crippen LogP contribution in [-0.2, 0) is 0 Å². The molecule has 1 rings (SSSR count). The summed E-state index contributed by atoms with van der Waals surface area (Å²) in [6.07, 6.45) is 2.82. The molecule has 0 bridgehead atoms. The Kier molecular flexibility index (Phi) is 6.56. The van der Waals surface area contributed by atoms with Gasteiger partial charge in [-0.1, -0.05) is 13.8 Å². The average molecular weight is 265 g/mol. The first-order valence-corrected chi connectivity index (χ1v) is 6.93. The lowest BCUT2D eigenvalue weighted by molar-refractivity contribution is 0.583. The summed E-state index contributed by atoms with van der Waals surface area (Å²) in [5, 5.41) is 3.14. The number of aromatic nitrogens is 2. The fourth-order valence-electron chi connectivity index (χ4n) is 1.72. The summed E-state index contributed by atoms with van der Waals surface area (Å²) in [5.74, 6) is 2.67. The van der Waals surface area contributed by atoms with Crippen LogP contribution in [0.1, 0.15) is 20.3 Å². The third-order valence-corrected chi connectivity index (χ3v) is 3.16. The van der Waals surface area contributed by atoms with Gasteiger partial charge in [-0.2, -0.15) is 0 Å². The summed E-state index contributed by atoms with van der Waals surface area (Å²) < 4.78 is 0. The summed E-state index contributed by atoms with van der Waals surface area (Å²) in [5.41, 5.74) is 0. The number of hydrogen-bond acceptors (Lipinski definition) is 5. The first kappa shape index (κ1) is 15.7. The van der Waals surface area contributed by atoms with E-state index in [1.807, 2.05) is 7.05 Å². The molecule has 1 aromatic heterocycles. The van der Waals surface area contributed by atoms with Crippen molar-refractivity contribution < 1.29 is 0 Å². The number of rotatable bonds is 8.